The van der Waals surface area contributed by atoms with Gasteiger partial charge in [0.05, 0.1) is 5.41 Å². The van der Waals surface area contributed by atoms with Gasteiger partial charge in [0.1, 0.15) is 12.4 Å². The van der Waals surface area contributed by atoms with Crippen molar-refractivity contribution in [1.29, 1.82) is 0 Å². The van der Waals surface area contributed by atoms with E-state index >= 15 is 0 Å². The Kier molecular flexibility index (Phi) is 5.14. The summed E-state index contributed by atoms with van der Waals surface area (Å²) in [5, 5.41) is 0. The Bertz CT molecular complexity index is 463. The molecule has 1 fully saturated rings. The van der Waals surface area contributed by atoms with Crippen LogP contribution >= 0.6 is 0 Å². The molecule has 5 atom stereocenters. The standard InChI is InChI=1S/C19H30O3/c1-6-19(4,5)18(21)22-16-10-12(2)9-14-8-7-13(3)15(11-20)17(14)16/h9,11-13,15-17H,6-8,10H2,1-5H3/t12-,13+,15+,16+,17-/m1/s1. The largest absolute Gasteiger partial charge is 0.461 e. The minimum absolute atomic E-state index is 0.0185. The summed E-state index contributed by atoms with van der Waals surface area (Å²) in [7, 11) is 0. The molecule has 2 rings (SSSR count). The Hall–Kier alpha value is -1.12. The topological polar surface area (TPSA) is 43.4 Å². The maximum atomic E-state index is 12.5. The van der Waals surface area contributed by atoms with Crippen LogP contribution in [0, 0.1) is 29.1 Å². The molecule has 2 aliphatic carbocycles. The molecule has 0 N–H and O–H groups in total. The molecule has 22 heavy (non-hydrogen) atoms. The number of rotatable bonds is 4. The Morgan fingerprint density at radius 1 is 1.41 bits per heavy atom. The number of esters is 1. The second kappa shape index (κ2) is 6.55. The average Bonchev–Trinajstić information content (AvgIpc) is 2.47. The van der Waals surface area contributed by atoms with Crippen LogP contribution in [0.25, 0.3) is 0 Å². The first kappa shape index (κ1) is 17.2. The number of carbonyl (C=O) groups is 2. The van der Waals surface area contributed by atoms with Crippen LogP contribution in [0.3, 0.4) is 0 Å². The van der Waals surface area contributed by atoms with Gasteiger partial charge in [0, 0.05) is 11.8 Å². The molecule has 0 radical (unpaired) electrons. The molecular formula is C19H30O3. The summed E-state index contributed by atoms with van der Waals surface area (Å²) in [6, 6.07) is 0. The van der Waals surface area contributed by atoms with Crippen molar-refractivity contribution in [2.45, 2.75) is 66.4 Å². The Balaban J connectivity index is 2.24. The summed E-state index contributed by atoms with van der Waals surface area (Å²) >= 11 is 0. The van der Waals surface area contributed by atoms with E-state index in [0.29, 0.717) is 11.8 Å². The van der Waals surface area contributed by atoms with Crippen LogP contribution < -0.4 is 0 Å². The zero-order chi connectivity index (χ0) is 16.5. The molecule has 0 aromatic carbocycles. The Morgan fingerprint density at radius 2 is 2.09 bits per heavy atom. The number of ether oxygens (including phenoxy) is 1. The first-order chi connectivity index (χ1) is 10.3. The van der Waals surface area contributed by atoms with Gasteiger partial charge in [-0.25, -0.2) is 0 Å². The van der Waals surface area contributed by atoms with Crippen molar-refractivity contribution in [3.05, 3.63) is 11.6 Å². The second-order valence-corrected chi connectivity index (χ2v) is 7.89. The van der Waals surface area contributed by atoms with Crippen molar-refractivity contribution in [3.8, 4) is 0 Å². The fourth-order valence-electron chi connectivity index (χ4n) is 3.76. The number of allylic oxidation sites excluding steroid dienone is 1. The predicted molar refractivity (Wildman–Crippen MR) is 87.3 cm³/mol. The number of hydrogen-bond donors (Lipinski definition) is 0. The molecule has 0 unspecified atom stereocenters. The smallest absolute Gasteiger partial charge is 0.311 e. The van der Waals surface area contributed by atoms with Gasteiger partial charge in [-0.1, -0.05) is 32.4 Å². The zero-order valence-electron chi connectivity index (χ0n) is 14.6. The quantitative estimate of drug-likeness (QED) is 0.445. The van der Waals surface area contributed by atoms with Crippen molar-refractivity contribution >= 4 is 12.3 Å². The summed E-state index contributed by atoms with van der Waals surface area (Å²) in [5.41, 5.74) is 0.877. The lowest BCUT2D eigenvalue weighted by Gasteiger charge is -2.44. The third-order valence-electron chi connectivity index (χ3n) is 5.74. The van der Waals surface area contributed by atoms with Crippen LogP contribution in [0.15, 0.2) is 11.6 Å². The molecule has 0 bridgehead atoms. The summed E-state index contributed by atoms with van der Waals surface area (Å²) in [6.07, 6.45) is 6.93. The highest BCUT2D eigenvalue weighted by Crippen LogP contribution is 2.45. The van der Waals surface area contributed by atoms with Crippen LogP contribution in [-0.4, -0.2) is 18.4 Å². The SMILES string of the molecule is CCC(C)(C)C(=O)O[C@H]1C[C@H](C)C=C2CC[C@H](C)[C@H](C=O)[C@@H]21. The van der Waals surface area contributed by atoms with E-state index in [-0.39, 0.29) is 23.9 Å². The fourth-order valence-corrected chi connectivity index (χ4v) is 3.76. The van der Waals surface area contributed by atoms with Crippen molar-refractivity contribution in [2.24, 2.45) is 29.1 Å². The molecule has 0 spiro atoms. The molecule has 3 heteroatoms. The maximum absolute atomic E-state index is 12.5. The average molecular weight is 306 g/mol. The van der Waals surface area contributed by atoms with Crippen LogP contribution in [0.5, 0.6) is 0 Å². The number of carbonyl (C=O) groups excluding carboxylic acids is 2. The van der Waals surface area contributed by atoms with Crippen LogP contribution in [-0.2, 0) is 14.3 Å². The van der Waals surface area contributed by atoms with Crippen molar-refractivity contribution in [1.82, 2.24) is 0 Å². The molecule has 1 saturated carbocycles. The molecule has 0 aliphatic heterocycles. The van der Waals surface area contributed by atoms with Gasteiger partial charge in [-0.05, 0) is 51.4 Å². The summed E-state index contributed by atoms with van der Waals surface area (Å²) < 4.78 is 5.93. The minimum atomic E-state index is -0.457. The normalized spacial score (nSPS) is 35.3. The number of aldehydes is 1. The molecule has 0 aromatic rings. The molecule has 124 valence electrons. The lowest BCUT2D eigenvalue weighted by molar-refractivity contribution is -0.165. The molecule has 0 saturated heterocycles. The number of hydrogen-bond acceptors (Lipinski definition) is 3. The highest BCUT2D eigenvalue weighted by atomic mass is 16.5. The molecular weight excluding hydrogens is 276 g/mol. The van der Waals surface area contributed by atoms with Gasteiger partial charge < -0.3 is 9.53 Å². The molecule has 0 amide bonds. The van der Waals surface area contributed by atoms with Crippen molar-refractivity contribution in [2.75, 3.05) is 0 Å². The molecule has 3 nitrogen and oxygen atoms in total. The minimum Gasteiger partial charge on any atom is -0.461 e. The van der Waals surface area contributed by atoms with Crippen LogP contribution in [0.4, 0.5) is 0 Å². The van der Waals surface area contributed by atoms with Crippen molar-refractivity contribution in [3.63, 3.8) is 0 Å². The predicted octanol–water partition coefficient (Wildman–Crippen LogP) is 4.16. The first-order valence-corrected chi connectivity index (χ1v) is 8.67. The molecule has 0 aromatic heterocycles. The van der Waals surface area contributed by atoms with E-state index in [1.807, 2.05) is 20.8 Å². The lowest BCUT2D eigenvalue weighted by atomic mass is 9.64. The summed E-state index contributed by atoms with van der Waals surface area (Å²) in [5.74, 6) is 0.725. The van der Waals surface area contributed by atoms with Gasteiger partial charge in [-0.2, -0.15) is 0 Å². The maximum Gasteiger partial charge on any atom is 0.311 e. The third-order valence-corrected chi connectivity index (χ3v) is 5.74. The highest BCUT2D eigenvalue weighted by Gasteiger charge is 2.44. The monoisotopic (exact) mass is 306 g/mol. The Labute approximate surface area is 134 Å². The van der Waals surface area contributed by atoms with Gasteiger partial charge in [-0.3, -0.25) is 4.79 Å². The summed E-state index contributed by atoms with van der Waals surface area (Å²) in [4.78, 5) is 24.1. The van der Waals surface area contributed by atoms with Gasteiger partial charge in [0.25, 0.3) is 0 Å². The number of fused-ring (bicyclic) bond motifs is 1. The van der Waals surface area contributed by atoms with E-state index in [9.17, 15) is 9.59 Å². The van der Waals surface area contributed by atoms with E-state index in [2.05, 4.69) is 19.9 Å². The third kappa shape index (κ3) is 3.28. The van der Waals surface area contributed by atoms with Gasteiger partial charge in [0.2, 0.25) is 0 Å². The molecule has 2 aliphatic rings. The van der Waals surface area contributed by atoms with E-state index in [1.165, 1.54) is 5.57 Å². The van der Waals surface area contributed by atoms with Gasteiger partial charge in [-0.15, -0.1) is 0 Å². The van der Waals surface area contributed by atoms with E-state index in [1.54, 1.807) is 0 Å². The van der Waals surface area contributed by atoms with Crippen LogP contribution in [0.1, 0.15) is 60.3 Å². The van der Waals surface area contributed by atoms with Crippen molar-refractivity contribution < 1.29 is 14.3 Å². The van der Waals surface area contributed by atoms with Gasteiger partial charge in [0.15, 0.2) is 0 Å². The Morgan fingerprint density at radius 3 is 2.68 bits per heavy atom. The fraction of sp³-hybridized carbons (Fsp3) is 0.789. The van der Waals surface area contributed by atoms with Gasteiger partial charge >= 0.3 is 5.97 Å². The highest BCUT2D eigenvalue weighted by molar-refractivity contribution is 5.76. The van der Waals surface area contributed by atoms with Crippen LogP contribution in [0.2, 0.25) is 0 Å². The van der Waals surface area contributed by atoms with E-state index in [4.69, 9.17) is 4.74 Å². The molecule has 0 heterocycles. The van der Waals surface area contributed by atoms with E-state index < -0.39 is 5.41 Å². The first-order valence-electron chi connectivity index (χ1n) is 8.67. The summed E-state index contributed by atoms with van der Waals surface area (Å²) in [6.45, 7) is 10.2. The lowest BCUT2D eigenvalue weighted by Crippen LogP contribution is -2.44. The zero-order valence-corrected chi connectivity index (χ0v) is 14.6. The van der Waals surface area contributed by atoms with E-state index in [0.717, 1.165) is 32.0 Å². The second-order valence-electron chi connectivity index (χ2n) is 7.89.